The van der Waals surface area contributed by atoms with E-state index in [1.807, 2.05) is 0 Å². The fourth-order valence-electron chi connectivity index (χ4n) is 5.14. The summed E-state index contributed by atoms with van der Waals surface area (Å²) in [6.07, 6.45) is -2.30. The lowest BCUT2D eigenvalue weighted by Gasteiger charge is -2.50. The van der Waals surface area contributed by atoms with E-state index in [4.69, 9.17) is 5.73 Å². The molecule has 5 atom stereocenters. The third kappa shape index (κ3) is 2.34. The zero-order valence-corrected chi connectivity index (χ0v) is 16.1. The van der Waals surface area contributed by atoms with E-state index in [2.05, 4.69) is 4.98 Å². The van der Waals surface area contributed by atoms with Gasteiger partial charge in [0.25, 0.3) is 5.91 Å². The highest BCUT2D eigenvalue weighted by atomic mass is 16.4. The number of carbonyl (C=O) groups is 3. The molecule has 0 bridgehead atoms. The molecule has 0 spiro atoms. The van der Waals surface area contributed by atoms with Crippen molar-refractivity contribution in [2.45, 2.75) is 31.0 Å². The van der Waals surface area contributed by atoms with Crippen molar-refractivity contribution in [1.82, 2.24) is 0 Å². The minimum absolute atomic E-state index is 0.0233. The molecule has 0 aromatic heterocycles. The van der Waals surface area contributed by atoms with E-state index in [0.717, 1.165) is 6.07 Å². The summed E-state index contributed by atoms with van der Waals surface area (Å²) in [7, 11) is 0. The minimum atomic E-state index is -2.89. The predicted octanol–water partition coefficient (Wildman–Crippen LogP) is 0.440. The number of fused-ring (bicyclic) bond motifs is 3. The van der Waals surface area contributed by atoms with Crippen LogP contribution >= 0.6 is 0 Å². The summed E-state index contributed by atoms with van der Waals surface area (Å²) in [4.78, 5) is 40.5. The highest BCUT2D eigenvalue weighted by Crippen LogP contribution is 2.57. The maximum Gasteiger partial charge on any atom is 0.389 e. The van der Waals surface area contributed by atoms with Crippen LogP contribution in [0.5, 0.6) is 5.75 Å². The number of carbonyl (C=O) groups excluding carboxylic acids is 3. The number of benzene rings is 1. The van der Waals surface area contributed by atoms with E-state index in [9.17, 15) is 45.3 Å². The highest BCUT2D eigenvalue weighted by molar-refractivity contribution is 6.23. The molecule has 1 saturated carbocycles. The van der Waals surface area contributed by atoms with Crippen LogP contribution in [0.1, 0.15) is 30.4 Å². The van der Waals surface area contributed by atoms with Crippen molar-refractivity contribution in [3.8, 4) is 5.75 Å². The van der Waals surface area contributed by atoms with E-state index < -0.39 is 81.8 Å². The van der Waals surface area contributed by atoms with Crippen molar-refractivity contribution in [2.24, 2.45) is 17.6 Å². The lowest BCUT2D eigenvalue weighted by molar-refractivity contribution is -0.160. The van der Waals surface area contributed by atoms with Crippen LogP contribution in [0.3, 0.4) is 0 Å². The molecule has 0 radical (unpaired) electrons. The lowest BCUT2D eigenvalue weighted by atomic mass is 9.55. The minimum Gasteiger partial charge on any atom is -0.508 e. The van der Waals surface area contributed by atoms with Gasteiger partial charge in [0.1, 0.15) is 22.8 Å². The number of phenols is 1. The van der Waals surface area contributed by atoms with Gasteiger partial charge in [0.2, 0.25) is 11.2 Å². The molecular weight excluding hydrogens is 410 g/mol. The van der Waals surface area contributed by atoms with Crippen molar-refractivity contribution in [1.29, 1.82) is 5.39 Å². The molecule has 3 aliphatic carbocycles. The normalized spacial score (nSPS) is 32.2. The maximum absolute atomic E-state index is 13.4. The summed E-state index contributed by atoms with van der Waals surface area (Å²) < 4.78 is 0. The van der Waals surface area contributed by atoms with Crippen LogP contribution in [-0.2, 0) is 14.4 Å². The number of nitrogens with two attached hydrogens (primary N) is 1. The zero-order valence-electron chi connectivity index (χ0n) is 16.1. The van der Waals surface area contributed by atoms with Crippen LogP contribution in [0.4, 0.5) is 5.69 Å². The van der Waals surface area contributed by atoms with Crippen LogP contribution in [0, 0.1) is 17.2 Å². The zero-order chi connectivity index (χ0) is 23.0. The van der Waals surface area contributed by atoms with Gasteiger partial charge < -0.3 is 31.3 Å². The number of rotatable bonds is 1. The van der Waals surface area contributed by atoms with Gasteiger partial charge in [0.15, 0.2) is 16.4 Å². The molecule has 3 aliphatic rings. The quantitative estimate of drug-likeness (QED) is 0.270. The van der Waals surface area contributed by atoms with E-state index in [0.29, 0.717) is 0 Å². The average molecular weight is 428 g/mol. The Bertz CT molecular complexity index is 1190. The molecule has 1 fully saturated rings. The monoisotopic (exact) mass is 428 g/mol. The molecule has 0 saturated heterocycles. The summed E-state index contributed by atoms with van der Waals surface area (Å²) in [5, 5.41) is 63.2. The number of diazo groups is 1. The fraction of sp³-hybridized carbons (Fsp3) is 0.350. The second-order valence-electron chi connectivity index (χ2n) is 7.98. The summed E-state index contributed by atoms with van der Waals surface area (Å²) in [6.45, 7) is 1.54. The Morgan fingerprint density at radius 2 is 1.90 bits per heavy atom. The first-order valence-corrected chi connectivity index (χ1v) is 9.34. The van der Waals surface area contributed by atoms with Gasteiger partial charge in [-0.1, -0.05) is 6.92 Å². The van der Waals surface area contributed by atoms with Gasteiger partial charge in [0, 0.05) is 29.9 Å². The molecule has 1 aromatic carbocycles. The summed E-state index contributed by atoms with van der Waals surface area (Å²) >= 11 is 0. The molecular formula is C20H18N3O8+. The molecule has 1 amide bonds. The number of amides is 1. The standard InChI is InChI=1S/C20H17N3O8/c1-5-10-7(23-22)2-3-8(24)12(10)16(27)14-11(5)15(26)6-4-9(25)13(19(21)30)17(28)20(6,31)18(14)29/h2-3,5-6,11,15,26,31H,4H2,1H3,(H4-,21,24,25,27,28,29,30)/p+1/t5-,6-,11-,15+,20-/m1/s1. The molecule has 0 unspecified atom stereocenters. The third-order valence-corrected chi connectivity index (χ3v) is 6.56. The average Bonchev–Trinajstić information content (AvgIpc) is 2.70. The van der Waals surface area contributed by atoms with E-state index >= 15 is 0 Å². The number of hydrogen-bond donors (Lipinski definition) is 6. The van der Waals surface area contributed by atoms with Crippen LogP contribution in [-0.4, -0.2) is 54.7 Å². The first-order chi connectivity index (χ1) is 14.5. The van der Waals surface area contributed by atoms with Gasteiger partial charge in [-0.25, -0.2) is 0 Å². The van der Waals surface area contributed by atoms with Gasteiger partial charge in [-0.3, -0.25) is 14.4 Å². The molecule has 4 rings (SSSR count). The van der Waals surface area contributed by atoms with Crippen molar-refractivity contribution in [3.05, 3.63) is 45.1 Å². The SMILES string of the molecule is C[C@@H]1c2c([N+]#N)ccc(O)c2C(O)=C2C(=O)[C@]3(O)C(O)=C(C(N)=O)C(=O)C[C@@H]3[C@H](O)[C@@H]21. The summed E-state index contributed by atoms with van der Waals surface area (Å²) in [5.74, 6) is -9.60. The second-order valence-corrected chi connectivity index (χ2v) is 7.98. The number of aliphatic hydroxyl groups is 4. The van der Waals surface area contributed by atoms with E-state index in [-0.39, 0.29) is 16.8 Å². The number of hydrogen-bond acceptors (Lipinski definition) is 9. The van der Waals surface area contributed by atoms with Gasteiger partial charge in [-0.2, -0.15) is 0 Å². The molecule has 11 nitrogen and oxygen atoms in total. The summed E-state index contributed by atoms with van der Waals surface area (Å²) in [6, 6.07) is 2.40. The summed E-state index contributed by atoms with van der Waals surface area (Å²) in [5.41, 5.74) is 0.664. The Hall–Kier alpha value is -3.75. The molecule has 0 heterocycles. The van der Waals surface area contributed by atoms with Gasteiger partial charge in [-0.05, 0) is 12.0 Å². The van der Waals surface area contributed by atoms with E-state index in [1.54, 1.807) is 6.92 Å². The van der Waals surface area contributed by atoms with Crippen molar-refractivity contribution in [2.75, 3.05) is 0 Å². The van der Waals surface area contributed by atoms with Crippen LogP contribution in [0.2, 0.25) is 0 Å². The van der Waals surface area contributed by atoms with Crippen LogP contribution in [0.15, 0.2) is 29.0 Å². The number of primary amides is 1. The van der Waals surface area contributed by atoms with Crippen molar-refractivity contribution < 1.29 is 39.9 Å². The number of aromatic hydroxyl groups is 1. The van der Waals surface area contributed by atoms with Crippen LogP contribution in [0.25, 0.3) is 10.7 Å². The lowest BCUT2D eigenvalue weighted by Crippen LogP contribution is -2.63. The Balaban J connectivity index is 2.05. The van der Waals surface area contributed by atoms with Gasteiger partial charge >= 0.3 is 5.69 Å². The van der Waals surface area contributed by atoms with Crippen molar-refractivity contribution in [3.63, 3.8) is 0 Å². The fourth-order valence-corrected chi connectivity index (χ4v) is 5.14. The number of aliphatic hydroxyl groups excluding tert-OH is 3. The highest BCUT2D eigenvalue weighted by Gasteiger charge is 2.65. The number of nitrogens with zero attached hydrogens (tertiary/aromatic N) is 2. The molecule has 160 valence electrons. The Morgan fingerprint density at radius 3 is 2.48 bits per heavy atom. The largest absolute Gasteiger partial charge is 0.508 e. The van der Waals surface area contributed by atoms with Gasteiger partial charge in [0.05, 0.1) is 17.2 Å². The molecule has 0 aliphatic heterocycles. The molecule has 11 heteroatoms. The third-order valence-electron chi connectivity index (χ3n) is 6.56. The van der Waals surface area contributed by atoms with Crippen molar-refractivity contribution >= 4 is 28.9 Å². The van der Waals surface area contributed by atoms with Crippen LogP contribution < -0.4 is 5.73 Å². The Labute approximate surface area is 174 Å². The van der Waals surface area contributed by atoms with Gasteiger partial charge in [-0.15, -0.1) is 0 Å². The number of ketones is 2. The van der Waals surface area contributed by atoms with E-state index in [1.165, 1.54) is 6.07 Å². The Kier molecular flexibility index (Phi) is 4.22. The first kappa shape index (κ1) is 20.5. The topological polar surface area (TPSA) is 207 Å². The maximum atomic E-state index is 13.4. The molecule has 1 aromatic rings. The second kappa shape index (κ2) is 6.37. The number of Topliss-reactive ketones (excluding diaryl/α,β-unsaturated/α-hetero) is 2. The molecule has 31 heavy (non-hydrogen) atoms. The first-order valence-electron chi connectivity index (χ1n) is 9.34. The molecule has 7 N–H and O–H groups in total. The smallest absolute Gasteiger partial charge is 0.389 e. The predicted molar refractivity (Wildman–Crippen MR) is 102 cm³/mol. The Morgan fingerprint density at radius 1 is 1.26 bits per heavy atom. The number of phenolic OH excluding ortho intramolecular Hbond substituents is 1.